The molecule has 0 atom stereocenters. The van der Waals surface area contributed by atoms with Crippen LogP contribution in [0.3, 0.4) is 0 Å². The number of carbonyl (C=O) groups excluding carboxylic acids is 3. The maximum absolute atomic E-state index is 12.8. The highest BCUT2D eigenvalue weighted by molar-refractivity contribution is 8.26. The molecule has 2 aromatic rings. The number of hydrazine groups is 1. The van der Waals surface area contributed by atoms with Gasteiger partial charge in [-0.25, -0.2) is 0 Å². The molecular weight excluding hydrogens is 484 g/mol. The third-order valence-electron chi connectivity index (χ3n) is 4.54. The van der Waals surface area contributed by atoms with Crippen LogP contribution in [0.1, 0.15) is 15.9 Å². The van der Waals surface area contributed by atoms with Gasteiger partial charge in [0.15, 0.2) is 11.5 Å². The van der Waals surface area contributed by atoms with Crippen molar-refractivity contribution < 1.29 is 28.8 Å². The molecule has 2 aromatic carbocycles. The van der Waals surface area contributed by atoms with Crippen LogP contribution in [0, 0.1) is 10.1 Å². The van der Waals surface area contributed by atoms with Gasteiger partial charge in [-0.2, -0.15) is 0 Å². The van der Waals surface area contributed by atoms with Crippen LogP contribution in [0.4, 0.5) is 5.69 Å². The number of nitrogens with one attached hydrogen (secondary N) is 2. The minimum atomic E-state index is -0.876. The van der Waals surface area contributed by atoms with Gasteiger partial charge in [0.1, 0.15) is 16.4 Å². The lowest BCUT2D eigenvalue weighted by molar-refractivity contribution is -0.385. The van der Waals surface area contributed by atoms with Crippen LogP contribution in [-0.4, -0.2) is 52.6 Å². The Morgan fingerprint density at radius 2 is 1.85 bits per heavy atom. The van der Waals surface area contributed by atoms with Gasteiger partial charge in [-0.05, 0) is 29.8 Å². The van der Waals surface area contributed by atoms with Crippen molar-refractivity contribution in [3.63, 3.8) is 0 Å². The predicted octanol–water partition coefficient (Wildman–Crippen LogP) is 2.27. The summed E-state index contributed by atoms with van der Waals surface area (Å²) in [4.78, 5) is 49.0. The highest BCUT2D eigenvalue weighted by atomic mass is 32.2. The van der Waals surface area contributed by atoms with Crippen LogP contribution in [0.25, 0.3) is 6.08 Å². The van der Waals surface area contributed by atoms with Crippen LogP contribution in [0.2, 0.25) is 0 Å². The molecule has 13 heteroatoms. The lowest BCUT2D eigenvalue weighted by Crippen LogP contribution is -2.47. The number of carbonyl (C=O) groups is 3. The highest BCUT2D eigenvalue weighted by Crippen LogP contribution is 2.34. The highest BCUT2D eigenvalue weighted by Gasteiger charge is 2.33. The molecule has 1 aliphatic rings. The van der Waals surface area contributed by atoms with Crippen LogP contribution >= 0.6 is 24.0 Å². The van der Waals surface area contributed by atoms with E-state index in [-0.39, 0.29) is 9.88 Å². The number of rotatable bonds is 7. The molecule has 0 saturated carbocycles. The van der Waals surface area contributed by atoms with Gasteiger partial charge >= 0.3 is 0 Å². The van der Waals surface area contributed by atoms with Crippen molar-refractivity contribution >= 4 is 57.8 Å². The zero-order valence-electron chi connectivity index (χ0n) is 17.9. The maximum Gasteiger partial charge on any atom is 0.282 e. The Balaban J connectivity index is 1.64. The van der Waals surface area contributed by atoms with Crippen molar-refractivity contribution in [2.45, 2.75) is 0 Å². The molecule has 1 saturated heterocycles. The first-order valence-electron chi connectivity index (χ1n) is 9.55. The van der Waals surface area contributed by atoms with Crippen molar-refractivity contribution in [3.05, 3.63) is 68.6 Å². The fourth-order valence-electron chi connectivity index (χ4n) is 2.93. The van der Waals surface area contributed by atoms with E-state index in [9.17, 15) is 24.5 Å². The first-order chi connectivity index (χ1) is 16.2. The second-order valence-corrected chi connectivity index (χ2v) is 8.33. The quantitative estimate of drug-likeness (QED) is 0.252. The zero-order chi connectivity index (χ0) is 24.8. The summed E-state index contributed by atoms with van der Waals surface area (Å²) in [5.74, 6) is -1.08. The van der Waals surface area contributed by atoms with E-state index in [2.05, 4.69) is 10.9 Å². The molecule has 1 heterocycles. The number of thiocarbonyl (C=S) groups is 1. The summed E-state index contributed by atoms with van der Waals surface area (Å²) in [6.45, 7) is -0.453. The smallest absolute Gasteiger partial charge is 0.282 e. The number of nitro groups is 1. The van der Waals surface area contributed by atoms with Gasteiger partial charge in [-0.15, -0.1) is 0 Å². The molecule has 3 rings (SSSR count). The number of para-hydroxylation sites is 1. The van der Waals surface area contributed by atoms with Crippen molar-refractivity contribution in [2.24, 2.45) is 0 Å². The number of amides is 3. The number of nitro benzene ring substituents is 1. The summed E-state index contributed by atoms with van der Waals surface area (Å²) < 4.78 is 10.6. The normalized spacial score (nSPS) is 14.2. The molecule has 1 fully saturated rings. The fraction of sp³-hybridized carbons (Fsp3) is 0.143. The molecule has 0 aliphatic carbocycles. The standard InChI is InChI=1S/C21H18N4O7S2/c1-31-15-8-7-12(9-16(15)32-2)10-17-20(28)24(21(33)34-17)11-18(26)22-23-19(27)13-5-3-4-6-14(13)25(29)30/h3-10H,11H2,1-2H3,(H,22,26)(H,23,27)/b17-10+. The summed E-state index contributed by atoms with van der Waals surface area (Å²) >= 11 is 6.24. The van der Waals surface area contributed by atoms with Crippen molar-refractivity contribution in [2.75, 3.05) is 20.8 Å². The summed E-state index contributed by atoms with van der Waals surface area (Å²) in [5, 5.41) is 11.1. The molecular formula is C21H18N4O7S2. The summed E-state index contributed by atoms with van der Waals surface area (Å²) in [7, 11) is 3.01. The predicted molar refractivity (Wildman–Crippen MR) is 128 cm³/mol. The van der Waals surface area contributed by atoms with E-state index in [1.165, 1.54) is 38.5 Å². The summed E-state index contributed by atoms with van der Waals surface area (Å²) in [6.07, 6.45) is 1.61. The van der Waals surface area contributed by atoms with E-state index >= 15 is 0 Å². The van der Waals surface area contributed by atoms with E-state index in [0.717, 1.165) is 16.7 Å². The van der Waals surface area contributed by atoms with Gasteiger partial charge in [0.2, 0.25) is 0 Å². The average molecular weight is 503 g/mol. The lowest BCUT2D eigenvalue weighted by atomic mass is 10.2. The van der Waals surface area contributed by atoms with Gasteiger partial charge in [-0.1, -0.05) is 42.2 Å². The topological polar surface area (TPSA) is 140 Å². The molecule has 0 bridgehead atoms. The van der Waals surface area contributed by atoms with E-state index in [4.69, 9.17) is 21.7 Å². The average Bonchev–Trinajstić information content (AvgIpc) is 3.09. The maximum atomic E-state index is 12.8. The lowest BCUT2D eigenvalue weighted by Gasteiger charge is -2.14. The fourth-order valence-corrected chi connectivity index (χ4v) is 4.19. The Bertz CT molecular complexity index is 1220. The third-order valence-corrected chi connectivity index (χ3v) is 5.92. The number of hydrogen-bond acceptors (Lipinski definition) is 9. The second-order valence-electron chi connectivity index (χ2n) is 6.66. The Hall–Kier alpha value is -3.97. The van der Waals surface area contributed by atoms with Crippen LogP contribution in [-0.2, 0) is 9.59 Å². The number of methoxy groups -OCH3 is 2. The Morgan fingerprint density at radius 3 is 2.53 bits per heavy atom. The molecule has 176 valence electrons. The van der Waals surface area contributed by atoms with Gasteiger partial charge in [0, 0.05) is 6.07 Å². The van der Waals surface area contributed by atoms with Crippen LogP contribution in [0.15, 0.2) is 47.4 Å². The number of thioether (sulfide) groups is 1. The Labute approximate surface area is 203 Å². The van der Waals surface area contributed by atoms with Gasteiger partial charge in [0.25, 0.3) is 23.4 Å². The molecule has 3 amide bonds. The summed E-state index contributed by atoms with van der Waals surface area (Å²) in [5.41, 5.74) is 4.26. The molecule has 0 spiro atoms. The number of hydrogen-bond donors (Lipinski definition) is 2. The Kier molecular flexibility index (Phi) is 7.81. The largest absolute Gasteiger partial charge is 0.493 e. The van der Waals surface area contributed by atoms with E-state index in [1.807, 2.05) is 0 Å². The van der Waals surface area contributed by atoms with E-state index in [1.54, 1.807) is 24.3 Å². The Morgan fingerprint density at radius 1 is 1.15 bits per heavy atom. The number of benzene rings is 2. The van der Waals surface area contributed by atoms with Crippen LogP contribution < -0.4 is 20.3 Å². The van der Waals surface area contributed by atoms with E-state index < -0.39 is 34.9 Å². The molecule has 0 aromatic heterocycles. The van der Waals surface area contributed by atoms with Gasteiger partial charge in [-0.3, -0.25) is 40.2 Å². The minimum absolute atomic E-state index is 0.164. The molecule has 0 radical (unpaired) electrons. The van der Waals surface area contributed by atoms with Gasteiger partial charge in [0.05, 0.1) is 24.0 Å². The number of ether oxygens (including phenoxy) is 2. The number of nitrogens with zero attached hydrogens (tertiary/aromatic N) is 2. The van der Waals surface area contributed by atoms with Crippen molar-refractivity contribution in [1.29, 1.82) is 0 Å². The van der Waals surface area contributed by atoms with E-state index in [0.29, 0.717) is 22.0 Å². The third kappa shape index (κ3) is 5.50. The first kappa shape index (κ1) is 24.7. The van der Waals surface area contributed by atoms with Gasteiger partial charge < -0.3 is 9.47 Å². The van der Waals surface area contributed by atoms with Crippen molar-refractivity contribution in [3.8, 4) is 11.5 Å². The SMILES string of the molecule is COc1ccc(/C=C2/SC(=S)N(CC(=O)NNC(=O)c3ccccc3[N+](=O)[O-])C2=O)cc1OC. The zero-order valence-corrected chi connectivity index (χ0v) is 19.5. The monoisotopic (exact) mass is 502 g/mol. The summed E-state index contributed by atoms with van der Waals surface area (Å²) in [6, 6.07) is 10.4. The molecule has 11 nitrogen and oxygen atoms in total. The second kappa shape index (κ2) is 10.8. The molecule has 0 unspecified atom stereocenters. The molecule has 2 N–H and O–H groups in total. The first-order valence-corrected chi connectivity index (χ1v) is 10.8. The van der Waals surface area contributed by atoms with Crippen molar-refractivity contribution in [1.82, 2.24) is 15.8 Å². The molecule has 34 heavy (non-hydrogen) atoms. The van der Waals surface area contributed by atoms with Crippen LogP contribution in [0.5, 0.6) is 11.5 Å². The molecule has 1 aliphatic heterocycles. The minimum Gasteiger partial charge on any atom is -0.493 e.